The smallest absolute Gasteiger partial charge is 0.169 e. The van der Waals surface area contributed by atoms with Crippen molar-refractivity contribution in [2.45, 2.75) is 38.5 Å². The van der Waals surface area contributed by atoms with Crippen molar-refractivity contribution in [2.24, 2.45) is 5.92 Å². The fourth-order valence-electron chi connectivity index (χ4n) is 1.99. The van der Waals surface area contributed by atoms with Gasteiger partial charge in [0.05, 0.1) is 5.57 Å². The normalized spacial score (nSPS) is 23.6. The predicted molar refractivity (Wildman–Crippen MR) is 50.9 cm³/mol. The van der Waals surface area contributed by atoms with E-state index in [1.54, 1.807) is 0 Å². The lowest BCUT2D eigenvalue weighted by Crippen LogP contribution is -2.25. The highest BCUT2D eigenvalue weighted by atomic mass is 16.3. The molecule has 3 nitrogen and oxygen atoms in total. The Bertz CT molecular complexity index is 292. The molecule has 0 aliphatic heterocycles. The van der Waals surface area contributed by atoms with Crippen molar-refractivity contribution in [3.8, 4) is 0 Å². The first kappa shape index (κ1) is 9.44. The van der Waals surface area contributed by atoms with Crippen LogP contribution in [-0.4, -0.2) is 16.7 Å². The number of rotatable bonds is 1. The summed E-state index contributed by atoms with van der Waals surface area (Å²) >= 11 is 0. The van der Waals surface area contributed by atoms with Crippen molar-refractivity contribution in [1.29, 1.82) is 0 Å². The monoisotopic (exact) mass is 194 g/mol. The summed E-state index contributed by atoms with van der Waals surface area (Å²) in [5.41, 5.74) is 0.112. The van der Waals surface area contributed by atoms with E-state index in [-0.39, 0.29) is 28.8 Å². The van der Waals surface area contributed by atoms with Gasteiger partial charge in [0.2, 0.25) is 0 Å². The lowest BCUT2D eigenvalue weighted by molar-refractivity contribution is -0.124. The zero-order chi connectivity index (χ0) is 10.1. The first-order valence-corrected chi connectivity index (χ1v) is 5.19. The summed E-state index contributed by atoms with van der Waals surface area (Å²) in [5, 5.41) is 9.77. The van der Waals surface area contributed by atoms with Gasteiger partial charge in [-0.05, 0) is 19.3 Å². The third-order valence-electron chi connectivity index (χ3n) is 3.11. The van der Waals surface area contributed by atoms with Gasteiger partial charge in [0.1, 0.15) is 5.76 Å². The zero-order valence-electron chi connectivity index (χ0n) is 8.08. The number of ketones is 2. The molecule has 0 radical (unpaired) electrons. The highest BCUT2D eigenvalue weighted by Crippen LogP contribution is 2.35. The lowest BCUT2D eigenvalue weighted by atomic mass is 9.79. The molecule has 2 aliphatic rings. The molecule has 0 unspecified atom stereocenters. The predicted octanol–water partition coefficient (Wildman–Crippen LogP) is 1.92. The number of aliphatic hydroxyl groups is 1. The van der Waals surface area contributed by atoms with Crippen molar-refractivity contribution >= 4 is 11.6 Å². The maximum Gasteiger partial charge on any atom is 0.169 e. The van der Waals surface area contributed by atoms with Crippen LogP contribution in [0.2, 0.25) is 0 Å². The average molecular weight is 194 g/mol. The molecule has 2 fully saturated rings. The second kappa shape index (κ2) is 3.56. The minimum absolute atomic E-state index is 0.0750. The fraction of sp³-hybridized carbons (Fsp3) is 0.636. The Labute approximate surface area is 82.8 Å². The van der Waals surface area contributed by atoms with Gasteiger partial charge in [0.15, 0.2) is 11.6 Å². The first-order chi connectivity index (χ1) is 6.70. The number of hydrogen-bond acceptors (Lipinski definition) is 3. The summed E-state index contributed by atoms with van der Waals surface area (Å²) in [4.78, 5) is 22.9. The lowest BCUT2D eigenvalue weighted by Gasteiger charge is -2.26. The molecule has 0 bridgehead atoms. The SMILES string of the molecule is O=C1CCCC(=O)C1=C(O)C1CCC1. The molecule has 14 heavy (non-hydrogen) atoms. The summed E-state index contributed by atoms with van der Waals surface area (Å²) in [7, 11) is 0. The van der Waals surface area contributed by atoms with Crippen LogP contribution in [0, 0.1) is 5.92 Å². The molecule has 0 heterocycles. The van der Waals surface area contributed by atoms with E-state index >= 15 is 0 Å². The van der Waals surface area contributed by atoms with E-state index in [0.29, 0.717) is 19.3 Å². The summed E-state index contributed by atoms with van der Waals surface area (Å²) in [6, 6.07) is 0. The molecule has 0 amide bonds. The minimum atomic E-state index is -0.161. The zero-order valence-corrected chi connectivity index (χ0v) is 8.08. The Hall–Kier alpha value is -1.12. The highest BCUT2D eigenvalue weighted by molar-refractivity contribution is 6.22. The molecule has 0 aromatic heterocycles. The van der Waals surface area contributed by atoms with Gasteiger partial charge in [0, 0.05) is 18.8 Å². The van der Waals surface area contributed by atoms with Gasteiger partial charge in [-0.3, -0.25) is 9.59 Å². The molecule has 2 aliphatic carbocycles. The van der Waals surface area contributed by atoms with Gasteiger partial charge in [0.25, 0.3) is 0 Å². The molecule has 1 N–H and O–H groups in total. The summed E-state index contributed by atoms with van der Waals surface area (Å²) in [6.45, 7) is 0. The number of hydrogen-bond donors (Lipinski definition) is 1. The Kier molecular flexibility index (Phi) is 2.40. The molecule has 2 saturated carbocycles. The van der Waals surface area contributed by atoms with Crippen molar-refractivity contribution in [3.63, 3.8) is 0 Å². The molecule has 76 valence electrons. The van der Waals surface area contributed by atoms with Crippen LogP contribution < -0.4 is 0 Å². The molecule has 0 aromatic rings. The largest absolute Gasteiger partial charge is 0.511 e. The molecular weight excluding hydrogens is 180 g/mol. The number of carbonyl (C=O) groups excluding carboxylic acids is 2. The summed E-state index contributed by atoms with van der Waals surface area (Å²) in [5.74, 6) is -0.168. The molecule has 2 rings (SSSR count). The van der Waals surface area contributed by atoms with Gasteiger partial charge in [-0.25, -0.2) is 0 Å². The Morgan fingerprint density at radius 3 is 2.07 bits per heavy atom. The average Bonchev–Trinajstić information content (AvgIpc) is 2.00. The second-order valence-electron chi connectivity index (χ2n) is 4.09. The molecule has 0 saturated heterocycles. The van der Waals surface area contributed by atoms with Gasteiger partial charge in [-0.1, -0.05) is 6.42 Å². The number of Topliss-reactive ketones (excluding diaryl/α,β-unsaturated/α-hetero) is 2. The van der Waals surface area contributed by atoms with Gasteiger partial charge >= 0.3 is 0 Å². The van der Waals surface area contributed by atoms with E-state index in [9.17, 15) is 14.7 Å². The molecular formula is C11H14O3. The van der Waals surface area contributed by atoms with Crippen LogP contribution in [0.1, 0.15) is 38.5 Å². The van der Waals surface area contributed by atoms with Crippen molar-refractivity contribution in [3.05, 3.63) is 11.3 Å². The number of carbonyl (C=O) groups is 2. The van der Waals surface area contributed by atoms with Gasteiger partial charge < -0.3 is 5.11 Å². The second-order valence-corrected chi connectivity index (χ2v) is 4.09. The van der Waals surface area contributed by atoms with Crippen LogP contribution in [0.3, 0.4) is 0 Å². The first-order valence-electron chi connectivity index (χ1n) is 5.19. The standard InChI is InChI=1S/C11H14O3/c12-8-5-2-6-9(13)10(8)11(14)7-3-1-4-7/h7,14H,1-6H2. The molecule has 0 atom stereocenters. The van der Waals surface area contributed by atoms with E-state index in [2.05, 4.69) is 0 Å². The Morgan fingerprint density at radius 2 is 1.64 bits per heavy atom. The van der Waals surface area contributed by atoms with E-state index in [1.165, 1.54) is 0 Å². The van der Waals surface area contributed by atoms with Crippen LogP contribution in [0.15, 0.2) is 11.3 Å². The summed E-state index contributed by atoms with van der Waals surface area (Å²) in [6.07, 6.45) is 4.38. The highest BCUT2D eigenvalue weighted by Gasteiger charge is 2.32. The van der Waals surface area contributed by atoms with Gasteiger partial charge in [-0.15, -0.1) is 0 Å². The van der Waals surface area contributed by atoms with Crippen molar-refractivity contribution in [2.75, 3.05) is 0 Å². The number of allylic oxidation sites excluding steroid dienone is 2. The van der Waals surface area contributed by atoms with E-state index in [1.807, 2.05) is 0 Å². The van der Waals surface area contributed by atoms with Crippen LogP contribution >= 0.6 is 0 Å². The van der Waals surface area contributed by atoms with Crippen LogP contribution in [0.5, 0.6) is 0 Å². The number of aliphatic hydroxyl groups excluding tert-OH is 1. The van der Waals surface area contributed by atoms with E-state index < -0.39 is 0 Å². The third kappa shape index (κ3) is 1.47. The fourth-order valence-corrected chi connectivity index (χ4v) is 1.99. The molecule has 0 spiro atoms. The summed E-state index contributed by atoms with van der Waals surface area (Å²) < 4.78 is 0. The van der Waals surface area contributed by atoms with E-state index in [0.717, 1.165) is 19.3 Å². The van der Waals surface area contributed by atoms with Crippen LogP contribution in [0.4, 0.5) is 0 Å². The minimum Gasteiger partial charge on any atom is -0.511 e. The maximum atomic E-state index is 11.5. The van der Waals surface area contributed by atoms with Gasteiger partial charge in [-0.2, -0.15) is 0 Å². The quantitative estimate of drug-likeness (QED) is 0.394. The molecule has 0 aromatic carbocycles. The third-order valence-corrected chi connectivity index (χ3v) is 3.11. The topological polar surface area (TPSA) is 54.4 Å². The molecule has 3 heteroatoms. The maximum absolute atomic E-state index is 11.5. The van der Waals surface area contributed by atoms with Crippen molar-refractivity contribution in [1.82, 2.24) is 0 Å². The van der Waals surface area contributed by atoms with E-state index in [4.69, 9.17) is 0 Å². The Balaban J connectivity index is 2.27. The Morgan fingerprint density at radius 1 is 1.07 bits per heavy atom. The van der Waals surface area contributed by atoms with Crippen LogP contribution in [-0.2, 0) is 9.59 Å². The van der Waals surface area contributed by atoms with Crippen molar-refractivity contribution < 1.29 is 14.7 Å². The van der Waals surface area contributed by atoms with Crippen LogP contribution in [0.25, 0.3) is 0 Å².